The zero-order chi connectivity index (χ0) is 20.1. The summed E-state index contributed by atoms with van der Waals surface area (Å²) in [5.74, 6) is 0.657. The predicted octanol–water partition coefficient (Wildman–Crippen LogP) is 2.33. The number of hydrogen-bond donors (Lipinski definition) is 0. The second-order valence-electron chi connectivity index (χ2n) is 7.24. The summed E-state index contributed by atoms with van der Waals surface area (Å²) in [4.78, 5) is 26.6. The van der Waals surface area contributed by atoms with Gasteiger partial charge in [-0.2, -0.15) is 0 Å². The molecule has 2 unspecified atom stereocenters. The number of carbonyl (C=O) groups excluding carboxylic acids is 1. The van der Waals surface area contributed by atoms with Crippen LogP contribution in [0.5, 0.6) is 0 Å². The van der Waals surface area contributed by atoms with Crippen LogP contribution in [-0.2, 0) is 22.5 Å². The van der Waals surface area contributed by atoms with Gasteiger partial charge in [-0.1, -0.05) is 38.1 Å². The molecule has 2 aliphatic heterocycles. The van der Waals surface area contributed by atoms with Crippen molar-refractivity contribution in [3.8, 4) is 0 Å². The number of benzene rings is 1. The molecule has 0 aliphatic carbocycles. The van der Waals surface area contributed by atoms with Gasteiger partial charge in [0.2, 0.25) is 0 Å². The monoisotopic (exact) mass is 390 g/mol. The van der Waals surface area contributed by atoms with Crippen molar-refractivity contribution < 1.29 is 19.3 Å². The maximum atomic E-state index is 12.6. The lowest BCUT2D eigenvalue weighted by Crippen LogP contribution is -2.41. The van der Waals surface area contributed by atoms with Crippen molar-refractivity contribution >= 4 is 12.1 Å². The van der Waals surface area contributed by atoms with E-state index < -0.39 is 11.1 Å². The molecule has 0 N–H and O–H groups in total. The molecular weight excluding hydrogens is 364 g/mol. The Bertz CT molecular complexity index is 754. The number of nitro groups is 1. The maximum Gasteiger partial charge on any atom is 0.417 e. The fraction of sp³-hybridized carbons (Fsp3) is 0.579. The Kier molecular flexibility index (Phi) is 6.45. The minimum absolute atomic E-state index is 0.0383. The highest BCUT2D eigenvalue weighted by Crippen LogP contribution is 2.23. The zero-order valence-electron chi connectivity index (χ0n) is 16.2. The maximum absolute atomic E-state index is 12.6. The van der Waals surface area contributed by atoms with Crippen LogP contribution < -0.4 is 0 Å². The quantitative estimate of drug-likeness (QED) is 0.546. The van der Waals surface area contributed by atoms with Crippen molar-refractivity contribution in [2.45, 2.75) is 26.9 Å². The van der Waals surface area contributed by atoms with E-state index in [4.69, 9.17) is 9.47 Å². The van der Waals surface area contributed by atoms with Gasteiger partial charge < -0.3 is 14.4 Å². The summed E-state index contributed by atoms with van der Waals surface area (Å²) >= 11 is 0. The molecular formula is C19H26N4O5. The smallest absolute Gasteiger partial charge is 0.417 e. The number of carbonyl (C=O) groups is 1. The van der Waals surface area contributed by atoms with Gasteiger partial charge in [0, 0.05) is 25.6 Å². The first kappa shape index (κ1) is 20.1. The van der Waals surface area contributed by atoms with Crippen molar-refractivity contribution in [2.24, 2.45) is 16.9 Å². The van der Waals surface area contributed by atoms with E-state index in [1.165, 1.54) is 4.90 Å². The summed E-state index contributed by atoms with van der Waals surface area (Å²) in [6, 6.07) is 7.80. The third-order valence-corrected chi connectivity index (χ3v) is 5.24. The minimum Gasteiger partial charge on any atom is -0.444 e. The summed E-state index contributed by atoms with van der Waals surface area (Å²) in [5, 5.41) is 13.7. The van der Waals surface area contributed by atoms with Gasteiger partial charge in [-0.25, -0.2) is 19.8 Å². The van der Waals surface area contributed by atoms with E-state index in [-0.39, 0.29) is 18.5 Å². The van der Waals surface area contributed by atoms with E-state index >= 15 is 0 Å². The highest BCUT2D eigenvalue weighted by Gasteiger charge is 2.38. The lowest BCUT2D eigenvalue weighted by Gasteiger charge is -2.23. The lowest BCUT2D eigenvalue weighted by atomic mass is 9.98. The van der Waals surface area contributed by atoms with Crippen LogP contribution in [0.4, 0.5) is 4.79 Å². The second-order valence-corrected chi connectivity index (χ2v) is 7.24. The molecule has 2 heterocycles. The molecule has 2 aliphatic rings. The number of hydrazone groups is 1. The summed E-state index contributed by atoms with van der Waals surface area (Å²) in [7, 11) is 0. The number of hydrogen-bond acceptors (Lipinski definition) is 5. The van der Waals surface area contributed by atoms with Crippen LogP contribution >= 0.6 is 0 Å². The van der Waals surface area contributed by atoms with Gasteiger partial charge >= 0.3 is 6.09 Å². The Balaban J connectivity index is 1.65. The van der Waals surface area contributed by atoms with Crippen LogP contribution in [0.15, 0.2) is 29.4 Å². The molecule has 0 bridgehead atoms. The van der Waals surface area contributed by atoms with E-state index in [0.717, 1.165) is 17.5 Å². The van der Waals surface area contributed by atoms with Crippen molar-refractivity contribution in [2.75, 3.05) is 32.8 Å². The normalized spacial score (nSPS) is 23.4. The molecule has 3 rings (SSSR count). The fourth-order valence-corrected chi connectivity index (χ4v) is 3.51. The molecule has 1 aromatic rings. The third kappa shape index (κ3) is 4.78. The Morgan fingerprint density at radius 2 is 2.14 bits per heavy atom. The molecule has 2 saturated heterocycles. The Morgan fingerprint density at radius 1 is 1.36 bits per heavy atom. The average molecular weight is 390 g/mol. The van der Waals surface area contributed by atoms with Gasteiger partial charge in [-0.15, -0.1) is 0 Å². The Labute approximate surface area is 164 Å². The summed E-state index contributed by atoms with van der Waals surface area (Å²) in [6.07, 6.45) is 0.270. The Morgan fingerprint density at radius 3 is 2.82 bits per heavy atom. The van der Waals surface area contributed by atoms with Crippen LogP contribution in [-0.4, -0.2) is 59.7 Å². The van der Waals surface area contributed by atoms with Crippen LogP contribution in [0.1, 0.15) is 25.0 Å². The number of rotatable bonds is 6. The lowest BCUT2D eigenvalue weighted by molar-refractivity contribution is -0.486. The third-order valence-electron chi connectivity index (χ3n) is 5.24. The molecule has 0 aromatic heterocycles. The first-order valence-corrected chi connectivity index (χ1v) is 9.55. The van der Waals surface area contributed by atoms with E-state index in [1.807, 2.05) is 24.3 Å². The molecule has 1 aromatic carbocycles. The first-order valence-electron chi connectivity index (χ1n) is 9.55. The number of aryl methyl sites for hydroxylation is 1. The predicted molar refractivity (Wildman–Crippen MR) is 102 cm³/mol. The van der Waals surface area contributed by atoms with Crippen molar-refractivity contribution in [3.05, 3.63) is 45.5 Å². The van der Waals surface area contributed by atoms with Crippen LogP contribution in [0.3, 0.4) is 0 Å². The molecule has 2 fully saturated rings. The topological polar surface area (TPSA) is 97.5 Å². The minimum atomic E-state index is -0.771. The van der Waals surface area contributed by atoms with Gasteiger partial charge in [0.25, 0.3) is 5.96 Å². The molecule has 28 heavy (non-hydrogen) atoms. The molecule has 9 nitrogen and oxygen atoms in total. The molecule has 1 amide bonds. The van der Waals surface area contributed by atoms with Gasteiger partial charge in [0.1, 0.15) is 11.7 Å². The Hall–Kier alpha value is -2.68. The summed E-state index contributed by atoms with van der Waals surface area (Å²) in [5.41, 5.74) is 2.04. The largest absolute Gasteiger partial charge is 0.444 e. The number of nitrogens with zero attached hydrogens (tertiary/aromatic N) is 4. The SMILES string of the molecule is CCc1cccc(COC(=O)N2CCN(CC3COCC3C)C2=N[N+](=O)[O-])c1. The van der Waals surface area contributed by atoms with Crippen LogP contribution in [0, 0.1) is 22.0 Å². The molecule has 152 valence electrons. The fourth-order valence-electron chi connectivity index (χ4n) is 3.51. The highest BCUT2D eigenvalue weighted by atomic mass is 16.7. The van der Waals surface area contributed by atoms with E-state index in [2.05, 4.69) is 18.9 Å². The summed E-state index contributed by atoms with van der Waals surface area (Å²) in [6.45, 7) is 6.91. The van der Waals surface area contributed by atoms with Gasteiger partial charge in [-0.05, 0) is 23.5 Å². The number of amides is 1. The highest BCUT2D eigenvalue weighted by molar-refractivity contribution is 5.95. The number of ether oxygens (including phenoxy) is 2. The summed E-state index contributed by atoms with van der Waals surface area (Å²) < 4.78 is 10.9. The van der Waals surface area contributed by atoms with E-state index in [9.17, 15) is 14.9 Å². The molecule has 0 radical (unpaired) electrons. The molecule has 9 heteroatoms. The van der Waals surface area contributed by atoms with E-state index in [1.54, 1.807) is 4.90 Å². The molecule has 2 atom stereocenters. The molecule has 0 saturated carbocycles. The van der Waals surface area contributed by atoms with Crippen LogP contribution in [0.2, 0.25) is 0 Å². The average Bonchev–Trinajstić information content (AvgIpc) is 3.26. The van der Waals surface area contributed by atoms with Crippen molar-refractivity contribution in [3.63, 3.8) is 0 Å². The van der Waals surface area contributed by atoms with Crippen molar-refractivity contribution in [1.82, 2.24) is 9.80 Å². The van der Waals surface area contributed by atoms with Gasteiger partial charge in [-0.3, -0.25) is 0 Å². The first-order chi connectivity index (χ1) is 13.5. The van der Waals surface area contributed by atoms with Gasteiger partial charge in [0.15, 0.2) is 5.03 Å². The molecule has 0 spiro atoms. The van der Waals surface area contributed by atoms with Crippen molar-refractivity contribution in [1.29, 1.82) is 0 Å². The number of guanidine groups is 1. The zero-order valence-corrected chi connectivity index (χ0v) is 16.2. The van der Waals surface area contributed by atoms with Gasteiger partial charge in [0.05, 0.1) is 13.2 Å². The standard InChI is InChI=1S/C19H26N4O5/c1-3-15-5-4-6-16(9-15)12-28-19(24)22-8-7-21(18(22)20-23(25)26)10-17-13-27-11-14(17)2/h4-6,9,14,17H,3,7-8,10-13H2,1-2H3. The van der Waals surface area contributed by atoms with E-state index in [0.29, 0.717) is 38.8 Å². The second kappa shape index (κ2) is 9.01. The van der Waals surface area contributed by atoms with Crippen LogP contribution in [0.25, 0.3) is 0 Å².